The first kappa shape index (κ1) is 23.1. The molecule has 2 heterocycles. The van der Waals surface area contributed by atoms with Crippen LogP contribution in [0.5, 0.6) is 0 Å². The number of amides is 2. The van der Waals surface area contributed by atoms with Gasteiger partial charge in [-0.2, -0.15) is 0 Å². The van der Waals surface area contributed by atoms with E-state index in [2.05, 4.69) is 24.4 Å². The van der Waals surface area contributed by atoms with Crippen molar-refractivity contribution in [3.8, 4) is 0 Å². The molecule has 35 heavy (non-hydrogen) atoms. The molecule has 2 amide bonds. The Labute approximate surface area is 209 Å². The molecule has 0 aliphatic carbocycles. The Morgan fingerprint density at radius 1 is 1.09 bits per heavy atom. The van der Waals surface area contributed by atoms with Gasteiger partial charge in [0.25, 0.3) is 5.56 Å². The summed E-state index contributed by atoms with van der Waals surface area (Å²) in [4.78, 5) is 33.6. The highest BCUT2D eigenvalue weighted by Crippen LogP contribution is 2.32. The van der Waals surface area contributed by atoms with Gasteiger partial charge >= 0.3 is 6.03 Å². The maximum Gasteiger partial charge on any atom is 0.322 e. The molecule has 178 valence electrons. The Bertz CT molecular complexity index is 1430. The van der Waals surface area contributed by atoms with Crippen molar-refractivity contribution in [2.45, 2.75) is 38.8 Å². The average Bonchev–Trinajstić information content (AvgIpc) is 3.29. The molecule has 1 atom stereocenters. The van der Waals surface area contributed by atoms with Crippen LogP contribution in [0.25, 0.3) is 10.9 Å². The Morgan fingerprint density at radius 2 is 1.86 bits per heavy atom. The number of benzene rings is 3. The van der Waals surface area contributed by atoms with Crippen molar-refractivity contribution in [2.24, 2.45) is 0 Å². The number of urea groups is 1. The van der Waals surface area contributed by atoms with Crippen molar-refractivity contribution >= 4 is 34.2 Å². The summed E-state index contributed by atoms with van der Waals surface area (Å²) in [7, 11) is 0. The zero-order valence-electron chi connectivity index (χ0n) is 19.6. The molecule has 1 N–H and O–H groups in total. The molecule has 5 rings (SSSR count). The van der Waals surface area contributed by atoms with E-state index in [1.165, 1.54) is 0 Å². The molecule has 0 radical (unpaired) electrons. The summed E-state index contributed by atoms with van der Waals surface area (Å²) in [6, 6.07) is 22.7. The fourth-order valence-electron chi connectivity index (χ4n) is 4.82. The molecule has 3 aromatic carbocycles. The lowest BCUT2D eigenvalue weighted by atomic mass is 10.1. The first-order valence-corrected chi connectivity index (χ1v) is 12.3. The van der Waals surface area contributed by atoms with Gasteiger partial charge in [-0.15, -0.1) is 0 Å². The van der Waals surface area contributed by atoms with Crippen LogP contribution in [0.3, 0.4) is 0 Å². The van der Waals surface area contributed by atoms with Crippen molar-refractivity contribution < 1.29 is 4.79 Å². The third kappa shape index (κ3) is 4.54. The average molecular weight is 487 g/mol. The van der Waals surface area contributed by atoms with Crippen LogP contribution in [0, 0.1) is 0 Å². The van der Waals surface area contributed by atoms with E-state index in [0.29, 0.717) is 47.7 Å². The number of hydrogen-bond acceptors (Lipinski definition) is 3. The van der Waals surface area contributed by atoms with Gasteiger partial charge < -0.3 is 10.2 Å². The first-order chi connectivity index (χ1) is 17.1. The van der Waals surface area contributed by atoms with Gasteiger partial charge in [-0.25, -0.2) is 9.78 Å². The standard InChI is InChI=1S/C28H27ClN4O2/c1-2-20-11-6-7-13-22(20)31-28(35)32(17-15-19-9-4-3-5-10-19)24-16-18-33-26(24)30-23-14-8-12-21(29)25(23)27(33)34/h3-14,24H,2,15-18H2,1H3,(H,31,35). The van der Waals surface area contributed by atoms with Crippen LogP contribution in [0.1, 0.15) is 36.3 Å². The van der Waals surface area contributed by atoms with Crippen LogP contribution in [-0.2, 0) is 19.4 Å². The molecule has 0 saturated heterocycles. The number of anilines is 1. The lowest BCUT2D eigenvalue weighted by Crippen LogP contribution is -2.39. The molecular weight excluding hydrogens is 460 g/mol. The number of rotatable bonds is 6. The second-order valence-corrected chi connectivity index (χ2v) is 9.14. The maximum absolute atomic E-state index is 13.7. The van der Waals surface area contributed by atoms with Crippen LogP contribution >= 0.6 is 11.6 Å². The lowest BCUT2D eigenvalue weighted by molar-refractivity contribution is 0.187. The summed E-state index contributed by atoms with van der Waals surface area (Å²) >= 11 is 6.32. The Balaban J connectivity index is 1.52. The zero-order valence-corrected chi connectivity index (χ0v) is 20.3. The van der Waals surface area contributed by atoms with Crippen LogP contribution in [0.15, 0.2) is 77.6 Å². The minimum Gasteiger partial charge on any atom is -0.314 e. The fraction of sp³-hybridized carbons (Fsp3) is 0.250. The number of carbonyl (C=O) groups excluding carboxylic acids is 1. The summed E-state index contributed by atoms with van der Waals surface area (Å²) in [5, 5.41) is 3.94. The normalized spacial score (nSPS) is 14.6. The molecule has 1 unspecified atom stereocenters. The molecule has 4 aromatic rings. The summed E-state index contributed by atoms with van der Waals surface area (Å²) < 4.78 is 1.67. The van der Waals surface area contributed by atoms with Crippen LogP contribution in [0.4, 0.5) is 10.5 Å². The largest absolute Gasteiger partial charge is 0.322 e. The van der Waals surface area contributed by atoms with Gasteiger partial charge in [0.15, 0.2) is 0 Å². The Morgan fingerprint density at radius 3 is 2.66 bits per heavy atom. The minimum atomic E-state index is -0.316. The van der Waals surface area contributed by atoms with Crippen molar-refractivity contribution in [1.29, 1.82) is 0 Å². The topological polar surface area (TPSA) is 67.2 Å². The number of fused-ring (bicyclic) bond motifs is 2. The first-order valence-electron chi connectivity index (χ1n) is 11.9. The van der Waals surface area contributed by atoms with Crippen molar-refractivity contribution in [2.75, 3.05) is 11.9 Å². The molecular formula is C28H27ClN4O2. The van der Waals surface area contributed by atoms with Gasteiger partial charge in [-0.3, -0.25) is 9.36 Å². The van der Waals surface area contributed by atoms with E-state index in [0.717, 1.165) is 23.2 Å². The molecule has 6 nitrogen and oxygen atoms in total. The quantitative estimate of drug-likeness (QED) is 0.372. The number of nitrogens with one attached hydrogen (secondary N) is 1. The summed E-state index contributed by atoms with van der Waals surface area (Å²) in [6.45, 7) is 3.06. The van der Waals surface area contributed by atoms with Crippen molar-refractivity contribution in [3.63, 3.8) is 0 Å². The molecule has 1 aliphatic rings. The van der Waals surface area contributed by atoms with Gasteiger partial charge in [0.05, 0.1) is 22.0 Å². The molecule has 7 heteroatoms. The third-order valence-corrected chi connectivity index (χ3v) is 6.96. The van der Waals surface area contributed by atoms with Gasteiger partial charge in [0.1, 0.15) is 5.82 Å². The van der Waals surface area contributed by atoms with Gasteiger partial charge in [0, 0.05) is 18.8 Å². The number of carbonyl (C=O) groups is 1. The number of hydrogen-bond donors (Lipinski definition) is 1. The van der Waals surface area contributed by atoms with Gasteiger partial charge in [-0.1, -0.05) is 73.1 Å². The molecule has 0 bridgehead atoms. The van der Waals surface area contributed by atoms with Crippen LogP contribution < -0.4 is 10.9 Å². The van der Waals surface area contributed by atoms with E-state index < -0.39 is 0 Å². The number of aromatic nitrogens is 2. The zero-order chi connectivity index (χ0) is 24.4. The second-order valence-electron chi connectivity index (χ2n) is 8.74. The SMILES string of the molecule is CCc1ccccc1NC(=O)N(CCc1ccccc1)C1CCn2c1nc1cccc(Cl)c1c2=O. The van der Waals surface area contributed by atoms with E-state index in [1.807, 2.05) is 47.4 Å². The fourth-order valence-corrected chi connectivity index (χ4v) is 5.07. The summed E-state index contributed by atoms with van der Waals surface area (Å²) in [6.07, 6.45) is 2.13. The second kappa shape index (κ2) is 9.92. The van der Waals surface area contributed by atoms with Gasteiger partial charge in [0.2, 0.25) is 0 Å². The van der Waals surface area contributed by atoms with E-state index in [-0.39, 0.29) is 17.6 Å². The third-order valence-electron chi connectivity index (χ3n) is 6.65. The van der Waals surface area contributed by atoms with Gasteiger partial charge in [-0.05, 0) is 48.6 Å². The number of para-hydroxylation sites is 1. The predicted octanol–water partition coefficient (Wildman–Crippen LogP) is 5.83. The highest BCUT2D eigenvalue weighted by atomic mass is 35.5. The van der Waals surface area contributed by atoms with E-state index >= 15 is 0 Å². The van der Waals surface area contributed by atoms with Crippen molar-refractivity contribution in [3.05, 3.63) is 105 Å². The molecule has 1 aliphatic heterocycles. The molecule has 0 fully saturated rings. The summed E-state index contributed by atoms with van der Waals surface area (Å²) in [5.41, 5.74) is 3.43. The van der Waals surface area contributed by atoms with Crippen molar-refractivity contribution in [1.82, 2.24) is 14.5 Å². The van der Waals surface area contributed by atoms with E-state index in [9.17, 15) is 9.59 Å². The molecule has 0 spiro atoms. The lowest BCUT2D eigenvalue weighted by Gasteiger charge is -2.29. The van der Waals surface area contributed by atoms with E-state index in [4.69, 9.17) is 16.6 Å². The van der Waals surface area contributed by atoms with Crippen LogP contribution in [0.2, 0.25) is 5.02 Å². The predicted molar refractivity (Wildman–Crippen MR) is 140 cm³/mol. The Kier molecular flexibility index (Phi) is 6.55. The maximum atomic E-state index is 13.7. The number of halogens is 1. The molecule has 1 aromatic heterocycles. The number of nitrogens with zero attached hydrogens (tertiary/aromatic N) is 3. The highest BCUT2D eigenvalue weighted by molar-refractivity contribution is 6.35. The van der Waals surface area contributed by atoms with E-state index in [1.54, 1.807) is 22.8 Å². The monoisotopic (exact) mass is 486 g/mol. The minimum absolute atomic E-state index is 0.155. The smallest absolute Gasteiger partial charge is 0.314 e. The summed E-state index contributed by atoms with van der Waals surface area (Å²) in [5.74, 6) is 0.608. The Hall–Kier alpha value is -3.64. The van der Waals surface area contributed by atoms with Crippen LogP contribution in [-0.4, -0.2) is 27.0 Å². The highest BCUT2D eigenvalue weighted by Gasteiger charge is 2.34. The number of aryl methyl sites for hydroxylation is 1. The molecule has 0 saturated carbocycles.